The molecule has 4 nitrogen and oxygen atoms in total. The molecule has 1 N–H and O–H groups in total. The Hall–Kier alpha value is -2.15. The molecule has 0 aliphatic carbocycles. The smallest absolute Gasteiger partial charge is 0.149 e. The van der Waals surface area contributed by atoms with Gasteiger partial charge in [0.25, 0.3) is 0 Å². The molecule has 0 spiro atoms. The van der Waals surface area contributed by atoms with Gasteiger partial charge < -0.3 is 15.0 Å². The van der Waals surface area contributed by atoms with Crippen LogP contribution >= 0.6 is 23.5 Å². The first-order chi connectivity index (χ1) is 13.8. The second-order valence-electron chi connectivity index (χ2n) is 6.42. The van der Waals surface area contributed by atoms with E-state index in [2.05, 4.69) is 64.7 Å². The molecule has 4 rings (SSSR count). The minimum atomic E-state index is -0.141. The Bertz CT molecular complexity index is 893. The summed E-state index contributed by atoms with van der Waals surface area (Å²) in [6.45, 7) is 1.49. The number of para-hydroxylation sites is 1. The summed E-state index contributed by atoms with van der Waals surface area (Å²) in [5.74, 6) is 0.905. The van der Waals surface area contributed by atoms with Crippen LogP contribution < -0.4 is 10.2 Å². The summed E-state index contributed by atoms with van der Waals surface area (Å²) in [6.07, 6.45) is 1.83. The SMILES string of the molecule is CN1CNc2cccc(SC(OCCSc3ccccc3)c3ccccn3)c21. The molecule has 1 aromatic heterocycles. The largest absolute Gasteiger partial charge is 0.366 e. The van der Waals surface area contributed by atoms with Crippen molar-refractivity contribution in [2.24, 2.45) is 0 Å². The number of benzene rings is 2. The molecule has 28 heavy (non-hydrogen) atoms. The van der Waals surface area contributed by atoms with Crippen LogP contribution in [-0.2, 0) is 4.74 Å². The van der Waals surface area contributed by atoms with E-state index in [1.54, 1.807) is 11.8 Å². The summed E-state index contributed by atoms with van der Waals surface area (Å²) in [5.41, 5.74) is 3.21. The van der Waals surface area contributed by atoms with Crippen molar-refractivity contribution in [3.8, 4) is 0 Å². The molecule has 2 heterocycles. The van der Waals surface area contributed by atoms with Gasteiger partial charge >= 0.3 is 0 Å². The van der Waals surface area contributed by atoms with Gasteiger partial charge in [0.2, 0.25) is 0 Å². The first-order valence-corrected chi connectivity index (χ1v) is 11.1. The molecule has 6 heteroatoms. The molecule has 1 aliphatic heterocycles. The third-order valence-corrected chi connectivity index (χ3v) is 6.57. The van der Waals surface area contributed by atoms with Crippen LogP contribution in [0, 0.1) is 0 Å². The summed E-state index contributed by atoms with van der Waals surface area (Å²) in [6, 6.07) is 22.8. The first-order valence-electron chi connectivity index (χ1n) is 9.26. The Morgan fingerprint density at radius 2 is 1.93 bits per heavy atom. The molecule has 1 atom stereocenters. The van der Waals surface area contributed by atoms with Crippen LogP contribution in [0.15, 0.2) is 82.7 Å². The highest BCUT2D eigenvalue weighted by Gasteiger charge is 2.23. The van der Waals surface area contributed by atoms with Gasteiger partial charge in [-0.2, -0.15) is 0 Å². The fourth-order valence-electron chi connectivity index (χ4n) is 3.08. The number of hydrogen-bond donors (Lipinski definition) is 1. The lowest BCUT2D eigenvalue weighted by molar-refractivity contribution is 0.125. The van der Waals surface area contributed by atoms with Gasteiger partial charge in [-0.1, -0.05) is 42.1 Å². The normalized spacial score (nSPS) is 13.8. The molecule has 2 aromatic carbocycles. The van der Waals surface area contributed by atoms with E-state index in [0.717, 1.165) is 18.1 Å². The van der Waals surface area contributed by atoms with Crippen LogP contribution in [0.1, 0.15) is 11.1 Å². The maximum Gasteiger partial charge on any atom is 0.149 e. The predicted molar refractivity (Wildman–Crippen MR) is 119 cm³/mol. The molecule has 3 aromatic rings. The van der Waals surface area contributed by atoms with E-state index in [-0.39, 0.29) is 5.44 Å². The molecule has 0 saturated carbocycles. The van der Waals surface area contributed by atoms with Crippen LogP contribution in [-0.4, -0.2) is 31.1 Å². The number of anilines is 2. The predicted octanol–water partition coefficient (Wildman–Crippen LogP) is 5.50. The summed E-state index contributed by atoms with van der Waals surface area (Å²) >= 11 is 3.53. The van der Waals surface area contributed by atoms with Gasteiger partial charge in [0.1, 0.15) is 5.44 Å². The van der Waals surface area contributed by atoms with Gasteiger partial charge in [0.05, 0.1) is 30.3 Å². The standard InChI is InChI=1S/C22H23N3OS2/c1-25-16-24-18-11-7-12-20(21(18)25)28-22(19-10-5-6-13-23-19)26-14-15-27-17-8-3-2-4-9-17/h2-13,22,24H,14-16H2,1H3. The van der Waals surface area contributed by atoms with Crippen molar-refractivity contribution < 1.29 is 4.74 Å². The van der Waals surface area contributed by atoms with Gasteiger partial charge in [0, 0.05) is 28.8 Å². The zero-order valence-electron chi connectivity index (χ0n) is 15.7. The summed E-state index contributed by atoms with van der Waals surface area (Å²) in [5, 5.41) is 3.43. The van der Waals surface area contributed by atoms with Gasteiger partial charge in [-0.15, -0.1) is 11.8 Å². The Morgan fingerprint density at radius 1 is 1.07 bits per heavy atom. The van der Waals surface area contributed by atoms with E-state index in [1.165, 1.54) is 21.2 Å². The van der Waals surface area contributed by atoms with Gasteiger partial charge in [-0.05, 0) is 36.4 Å². The Kier molecular flexibility index (Phi) is 6.41. The molecule has 144 valence electrons. The number of nitrogens with zero attached hydrogens (tertiary/aromatic N) is 2. The molecular formula is C22H23N3OS2. The molecule has 0 fully saturated rings. The molecule has 0 bridgehead atoms. The van der Waals surface area contributed by atoms with E-state index < -0.39 is 0 Å². The minimum Gasteiger partial charge on any atom is -0.366 e. The van der Waals surface area contributed by atoms with E-state index in [1.807, 2.05) is 42.2 Å². The van der Waals surface area contributed by atoms with Crippen LogP contribution in [0.25, 0.3) is 0 Å². The number of aromatic nitrogens is 1. The average Bonchev–Trinajstić information content (AvgIpc) is 3.13. The summed E-state index contributed by atoms with van der Waals surface area (Å²) in [4.78, 5) is 9.25. The second kappa shape index (κ2) is 9.37. The fraction of sp³-hybridized carbons (Fsp3) is 0.227. The highest BCUT2D eigenvalue weighted by molar-refractivity contribution is 7.99. The number of thioether (sulfide) groups is 2. The maximum atomic E-state index is 6.29. The highest BCUT2D eigenvalue weighted by atomic mass is 32.2. The molecular weight excluding hydrogens is 386 g/mol. The Labute approximate surface area is 174 Å². The maximum absolute atomic E-state index is 6.29. The topological polar surface area (TPSA) is 37.4 Å². The van der Waals surface area contributed by atoms with Crippen molar-refractivity contribution >= 4 is 34.9 Å². The monoisotopic (exact) mass is 409 g/mol. The highest BCUT2D eigenvalue weighted by Crippen LogP contribution is 2.45. The number of fused-ring (bicyclic) bond motifs is 1. The zero-order valence-corrected chi connectivity index (χ0v) is 17.4. The summed E-state index contributed by atoms with van der Waals surface area (Å²) < 4.78 is 6.29. The van der Waals surface area contributed by atoms with Crippen molar-refractivity contribution in [2.45, 2.75) is 15.2 Å². The molecule has 1 aliphatic rings. The van der Waals surface area contributed by atoms with E-state index in [9.17, 15) is 0 Å². The third-order valence-electron chi connectivity index (χ3n) is 4.42. The van der Waals surface area contributed by atoms with E-state index in [4.69, 9.17) is 4.74 Å². The lowest BCUT2D eigenvalue weighted by Crippen LogP contribution is -2.16. The lowest BCUT2D eigenvalue weighted by Gasteiger charge is -2.20. The van der Waals surface area contributed by atoms with E-state index in [0.29, 0.717) is 6.61 Å². The number of ether oxygens (including phenoxy) is 1. The average molecular weight is 410 g/mol. The van der Waals surface area contributed by atoms with Crippen molar-refractivity contribution in [1.29, 1.82) is 0 Å². The quantitative estimate of drug-likeness (QED) is 0.301. The van der Waals surface area contributed by atoms with E-state index >= 15 is 0 Å². The van der Waals surface area contributed by atoms with Crippen molar-refractivity contribution in [1.82, 2.24) is 4.98 Å². The van der Waals surface area contributed by atoms with Crippen molar-refractivity contribution in [3.05, 3.63) is 78.6 Å². The minimum absolute atomic E-state index is 0.141. The van der Waals surface area contributed by atoms with Crippen LogP contribution in [0.4, 0.5) is 11.4 Å². The number of hydrogen-bond acceptors (Lipinski definition) is 6. The number of rotatable bonds is 8. The van der Waals surface area contributed by atoms with Gasteiger partial charge in [-0.25, -0.2) is 0 Å². The molecule has 0 saturated heterocycles. The second-order valence-corrected chi connectivity index (χ2v) is 8.69. The van der Waals surface area contributed by atoms with Gasteiger partial charge in [0.15, 0.2) is 0 Å². The Balaban J connectivity index is 1.45. The fourth-order valence-corrected chi connectivity index (χ4v) is 5.03. The Morgan fingerprint density at radius 3 is 2.75 bits per heavy atom. The molecule has 0 radical (unpaired) electrons. The molecule has 0 amide bonds. The van der Waals surface area contributed by atoms with Crippen molar-refractivity contribution in [2.75, 3.05) is 36.3 Å². The van der Waals surface area contributed by atoms with Gasteiger partial charge in [-0.3, -0.25) is 4.98 Å². The number of nitrogens with one attached hydrogen (secondary N) is 1. The van der Waals surface area contributed by atoms with Crippen molar-refractivity contribution in [3.63, 3.8) is 0 Å². The zero-order chi connectivity index (χ0) is 19.2. The van der Waals surface area contributed by atoms with Crippen LogP contribution in [0.3, 0.4) is 0 Å². The lowest BCUT2D eigenvalue weighted by atomic mass is 10.3. The van der Waals surface area contributed by atoms with Crippen LogP contribution in [0.2, 0.25) is 0 Å². The third kappa shape index (κ3) is 4.63. The molecule has 1 unspecified atom stereocenters. The first kappa shape index (κ1) is 19.2. The number of pyridine rings is 1. The van der Waals surface area contributed by atoms with Crippen LogP contribution in [0.5, 0.6) is 0 Å². The summed E-state index contributed by atoms with van der Waals surface area (Å²) in [7, 11) is 2.11.